The van der Waals surface area contributed by atoms with E-state index in [9.17, 15) is 29.7 Å². The predicted octanol–water partition coefficient (Wildman–Crippen LogP) is 4.47. The van der Waals surface area contributed by atoms with Crippen LogP contribution in [0, 0.1) is 0 Å². The van der Waals surface area contributed by atoms with E-state index in [2.05, 4.69) is 10.6 Å². The van der Waals surface area contributed by atoms with Gasteiger partial charge in [0.15, 0.2) is 0 Å². The Morgan fingerprint density at radius 1 is 0.535 bits per heavy atom. The van der Waals surface area contributed by atoms with Crippen LogP contribution in [0.2, 0.25) is 0 Å². The van der Waals surface area contributed by atoms with Crippen molar-refractivity contribution in [3.8, 4) is 17.2 Å². The van der Waals surface area contributed by atoms with Gasteiger partial charge >= 0.3 is 0 Å². The van der Waals surface area contributed by atoms with E-state index in [0.717, 1.165) is 16.7 Å². The van der Waals surface area contributed by atoms with Gasteiger partial charge in [-0.1, -0.05) is 36.4 Å². The van der Waals surface area contributed by atoms with Crippen molar-refractivity contribution in [1.82, 2.24) is 15.5 Å². The van der Waals surface area contributed by atoms with E-state index >= 15 is 0 Å². The summed E-state index contributed by atoms with van der Waals surface area (Å²) in [5.74, 6) is -0.196. The maximum absolute atomic E-state index is 13.0. The molecule has 0 spiro atoms. The van der Waals surface area contributed by atoms with Crippen LogP contribution in [0.25, 0.3) is 18.2 Å². The van der Waals surface area contributed by atoms with Crippen molar-refractivity contribution >= 4 is 35.9 Å². The Hall–Kier alpha value is -5.31. The highest BCUT2D eigenvalue weighted by Crippen LogP contribution is 2.13. The molecule has 0 heterocycles. The number of rotatable bonds is 15. The number of benzene rings is 3. The number of nitrogens with one attached hydrogen (secondary N) is 2. The number of phenolic OH excluding ortho intramolecular Hbond substituents is 3. The molecule has 3 rings (SSSR count). The lowest BCUT2D eigenvalue weighted by molar-refractivity contribution is -0.126. The number of nitrogens with zero attached hydrogens (tertiary/aromatic N) is 1. The smallest absolute Gasteiger partial charge is 0.246 e. The minimum Gasteiger partial charge on any atom is -0.508 e. The van der Waals surface area contributed by atoms with Crippen LogP contribution in [0.1, 0.15) is 36.0 Å². The van der Waals surface area contributed by atoms with Crippen LogP contribution in [0.3, 0.4) is 0 Å². The largest absolute Gasteiger partial charge is 0.508 e. The van der Waals surface area contributed by atoms with Gasteiger partial charge in [0.1, 0.15) is 17.2 Å². The molecule has 0 atom stereocenters. The number of carbonyl (C=O) groups is 3. The van der Waals surface area contributed by atoms with Crippen LogP contribution in [-0.4, -0.2) is 64.1 Å². The molecule has 0 saturated heterocycles. The van der Waals surface area contributed by atoms with Crippen molar-refractivity contribution in [2.45, 2.75) is 19.3 Å². The molecule has 0 unspecified atom stereocenters. The molecule has 43 heavy (non-hydrogen) atoms. The predicted molar refractivity (Wildman–Crippen MR) is 168 cm³/mol. The van der Waals surface area contributed by atoms with Crippen LogP contribution < -0.4 is 10.6 Å². The molecule has 0 aliphatic rings. The normalized spacial score (nSPS) is 11.3. The Labute approximate surface area is 251 Å². The first kappa shape index (κ1) is 32.2. The molecule has 0 aliphatic heterocycles. The molecule has 0 saturated carbocycles. The van der Waals surface area contributed by atoms with Gasteiger partial charge in [-0.15, -0.1) is 0 Å². The van der Waals surface area contributed by atoms with Crippen LogP contribution in [-0.2, 0) is 14.4 Å². The Balaban J connectivity index is 1.45. The van der Waals surface area contributed by atoms with Gasteiger partial charge in [0.25, 0.3) is 0 Å². The van der Waals surface area contributed by atoms with Crippen LogP contribution in [0.4, 0.5) is 0 Å². The summed E-state index contributed by atoms with van der Waals surface area (Å²) >= 11 is 0. The average molecular weight is 584 g/mol. The van der Waals surface area contributed by atoms with E-state index in [1.165, 1.54) is 18.2 Å². The molecule has 3 aromatic carbocycles. The summed E-state index contributed by atoms with van der Waals surface area (Å²) in [6.45, 7) is 1.75. The SMILES string of the molecule is O=C(/C=C/c1ccc(O)cc1)NCCCCN(CCCNC(=O)/C=C/c1ccc(O)cc1)C(=O)/C=C\c1ccc(O)cc1. The van der Waals surface area contributed by atoms with E-state index in [1.807, 2.05) is 0 Å². The summed E-state index contributed by atoms with van der Waals surface area (Å²) < 4.78 is 0. The highest BCUT2D eigenvalue weighted by atomic mass is 16.3. The van der Waals surface area contributed by atoms with Crippen LogP contribution in [0.15, 0.2) is 91.0 Å². The summed E-state index contributed by atoms with van der Waals surface area (Å²) in [4.78, 5) is 39.0. The fourth-order valence-electron chi connectivity index (χ4n) is 3.94. The van der Waals surface area contributed by atoms with Gasteiger partial charge in [0.05, 0.1) is 0 Å². The summed E-state index contributed by atoms with van der Waals surface area (Å²) in [5, 5.41) is 33.8. The van der Waals surface area contributed by atoms with Crippen molar-refractivity contribution in [1.29, 1.82) is 0 Å². The number of aromatic hydroxyl groups is 3. The number of hydrogen-bond acceptors (Lipinski definition) is 6. The van der Waals surface area contributed by atoms with E-state index < -0.39 is 0 Å². The number of phenols is 3. The zero-order valence-corrected chi connectivity index (χ0v) is 23.9. The molecule has 0 fully saturated rings. The quantitative estimate of drug-likeness (QED) is 0.132. The molecule has 3 aromatic rings. The van der Waals surface area contributed by atoms with Gasteiger partial charge in [-0.25, -0.2) is 0 Å². The third-order valence-electron chi connectivity index (χ3n) is 6.32. The lowest BCUT2D eigenvalue weighted by Crippen LogP contribution is -2.34. The van der Waals surface area contributed by atoms with Gasteiger partial charge in [-0.2, -0.15) is 0 Å². The molecular formula is C34H37N3O6. The molecule has 0 aliphatic carbocycles. The van der Waals surface area contributed by atoms with Crippen LogP contribution in [0.5, 0.6) is 17.2 Å². The minimum absolute atomic E-state index is 0.146. The monoisotopic (exact) mass is 583 g/mol. The number of unbranched alkanes of at least 4 members (excludes halogenated alkanes) is 1. The van der Waals surface area contributed by atoms with E-state index in [1.54, 1.807) is 95.9 Å². The third kappa shape index (κ3) is 12.8. The van der Waals surface area contributed by atoms with Gasteiger partial charge in [-0.05, 0) is 90.6 Å². The summed E-state index contributed by atoms with van der Waals surface area (Å²) in [7, 11) is 0. The first-order valence-corrected chi connectivity index (χ1v) is 14.0. The maximum atomic E-state index is 13.0. The number of hydrogen-bond donors (Lipinski definition) is 5. The molecule has 224 valence electrons. The Bertz CT molecular complexity index is 1410. The van der Waals surface area contributed by atoms with Crippen molar-refractivity contribution < 1.29 is 29.7 Å². The lowest BCUT2D eigenvalue weighted by atomic mass is 10.2. The van der Waals surface area contributed by atoms with Crippen molar-refractivity contribution in [3.05, 3.63) is 108 Å². The zero-order valence-electron chi connectivity index (χ0n) is 23.9. The molecule has 0 radical (unpaired) electrons. The number of amides is 3. The second-order valence-electron chi connectivity index (χ2n) is 9.74. The van der Waals surface area contributed by atoms with Crippen LogP contribution >= 0.6 is 0 Å². The molecule has 0 bridgehead atoms. The van der Waals surface area contributed by atoms with Crippen molar-refractivity contribution in [2.24, 2.45) is 0 Å². The van der Waals surface area contributed by atoms with Crippen molar-refractivity contribution in [3.63, 3.8) is 0 Å². The van der Waals surface area contributed by atoms with E-state index in [-0.39, 0.29) is 35.0 Å². The minimum atomic E-state index is -0.256. The third-order valence-corrected chi connectivity index (χ3v) is 6.32. The standard InChI is InChI=1S/C34H37N3O6/c38-29-13-4-26(5-14-29)10-19-32(41)35-22-1-2-24-37(34(43)21-12-28-8-17-31(40)18-9-28)25-3-23-36-33(42)20-11-27-6-15-30(39)16-7-27/h4-21,38-40H,1-3,22-25H2,(H,35,41)(H,36,42)/b19-10+,20-11+,21-12-. The fourth-order valence-corrected chi connectivity index (χ4v) is 3.94. The molecular weight excluding hydrogens is 546 g/mol. The van der Waals surface area contributed by atoms with E-state index in [0.29, 0.717) is 45.4 Å². The second-order valence-corrected chi connectivity index (χ2v) is 9.74. The Morgan fingerprint density at radius 3 is 1.35 bits per heavy atom. The maximum Gasteiger partial charge on any atom is 0.246 e. The van der Waals surface area contributed by atoms with Gasteiger partial charge in [0, 0.05) is 44.4 Å². The van der Waals surface area contributed by atoms with Gasteiger partial charge in [0.2, 0.25) is 17.7 Å². The molecule has 9 nitrogen and oxygen atoms in total. The van der Waals surface area contributed by atoms with Crippen molar-refractivity contribution in [2.75, 3.05) is 26.2 Å². The van der Waals surface area contributed by atoms with Gasteiger partial charge < -0.3 is 30.9 Å². The first-order valence-electron chi connectivity index (χ1n) is 14.0. The van der Waals surface area contributed by atoms with Gasteiger partial charge in [-0.3, -0.25) is 14.4 Å². The molecule has 9 heteroatoms. The Kier molecular flexibility index (Phi) is 13.1. The lowest BCUT2D eigenvalue weighted by Gasteiger charge is -2.21. The van der Waals surface area contributed by atoms with E-state index in [4.69, 9.17) is 0 Å². The summed E-state index contributed by atoms with van der Waals surface area (Å²) in [6.07, 6.45) is 11.2. The molecule has 3 amide bonds. The summed E-state index contributed by atoms with van der Waals surface area (Å²) in [5.41, 5.74) is 2.36. The highest BCUT2D eigenvalue weighted by molar-refractivity contribution is 5.93. The average Bonchev–Trinajstić information content (AvgIpc) is 3.01. The number of carbonyl (C=O) groups excluding carboxylic acids is 3. The zero-order chi connectivity index (χ0) is 30.9. The first-order chi connectivity index (χ1) is 20.8. The summed E-state index contributed by atoms with van der Waals surface area (Å²) in [6, 6.07) is 19.5. The Morgan fingerprint density at radius 2 is 0.907 bits per heavy atom. The topological polar surface area (TPSA) is 139 Å². The second kappa shape index (κ2) is 17.5. The fraction of sp³-hybridized carbons (Fsp3) is 0.206. The molecule has 0 aromatic heterocycles. The molecule has 5 N–H and O–H groups in total. The highest BCUT2D eigenvalue weighted by Gasteiger charge is 2.11.